The smallest absolute Gasteiger partial charge is 0.380 e. The zero-order chi connectivity index (χ0) is 25.2. The quantitative estimate of drug-likeness (QED) is 0.567. The Kier molecular flexibility index (Phi) is 7.27. The molecule has 11 heteroatoms. The summed E-state index contributed by atoms with van der Waals surface area (Å²) in [4.78, 5) is 31.6. The van der Waals surface area contributed by atoms with Crippen LogP contribution in [0.3, 0.4) is 0 Å². The highest BCUT2D eigenvalue weighted by atomic mass is 19.4. The molecule has 3 heterocycles. The van der Waals surface area contributed by atoms with E-state index < -0.39 is 35.8 Å². The van der Waals surface area contributed by atoms with E-state index in [1.165, 1.54) is 17.2 Å². The molecule has 3 N–H and O–H groups in total. The molecule has 0 saturated carbocycles. The van der Waals surface area contributed by atoms with E-state index >= 15 is 0 Å². The van der Waals surface area contributed by atoms with Gasteiger partial charge in [-0.05, 0) is 36.0 Å². The highest BCUT2D eigenvalue weighted by molar-refractivity contribution is 5.90. The Morgan fingerprint density at radius 3 is 2.29 bits per heavy atom. The van der Waals surface area contributed by atoms with Crippen LogP contribution in [-0.4, -0.2) is 63.8 Å². The number of fused-ring (bicyclic) bond motifs is 1. The van der Waals surface area contributed by atoms with E-state index in [0.717, 1.165) is 17.3 Å². The summed E-state index contributed by atoms with van der Waals surface area (Å²) < 4.78 is 39.8. The number of anilines is 1. The number of halogens is 3. The zero-order valence-electron chi connectivity index (χ0n) is 18.9. The normalized spacial score (nSPS) is 18.2. The molecule has 2 aromatic rings. The number of rotatable bonds is 6. The Hall–Kier alpha value is -3.18. The van der Waals surface area contributed by atoms with Crippen molar-refractivity contribution in [3.63, 3.8) is 0 Å². The molecule has 8 nitrogen and oxygen atoms in total. The Bertz CT molecular complexity index is 1050. The van der Waals surface area contributed by atoms with E-state index in [1.54, 1.807) is 4.90 Å². The number of alkyl halides is 3. The summed E-state index contributed by atoms with van der Waals surface area (Å²) in [6.07, 6.45) is -5.10. The van der Waals surface area contributed by atoms with Crippen molar-refractivity contribution < 1.29 is 33.0 Å². The van der Waals surface area contributed by atoms with Gasteiger partial charge in [0, 0.05) is 45.1 Å². The number of nitrogens with one attached hydrogen (secondary N) is 1. The molecular formula is C24H27F3N4O4. The minimum Gasteiger partial charge on any atom is -0.380 e. The second kappa shape index (κ2) is 10.2. The van der Waals surface area contributed by atoms with E-state index in [0.29, 0.717) is 39.0 Å². The lowest BCUT2D eigenvalue weighted by Gasteiger charge is -2.35. The van der Waals surface area contributed by atoms with Crippen molar-refractivity contribution in [2.75, 3.05) is 24.5 Å². The second-order valence-electron chi connectivity index (χ2n) is 8.92. The first kappa shape index (κ1) is 24.9. The minimum atomic E-state index is -4.50. The van der Waals surface area contributed by atoms with Crippen LogP contribution >= 0.6 is 0 Å². The molecule has 0 aliphatic carbocycles. The molecule has 2 aliphatic rings. The lowest BCUT2D eigenvalue weighted by molar-refractivity contribution is -0.153. The summed E-state index contributed by atoms with van der Waals surface area (Å²) in [6, 6.07) is 8.80. The van der Waals surface area contributed by atoms with E-state index in [9.17, 15) is 33.0 Å². The molecular weight excluding hydrogens is 465 g/mol. The molecule has 1 aromatic carbocycles. The van der Waals surface area contributed by atoms with Crippen LogP contribution in [0.25, 0.3) is 0 Å². The first-order valence-corrected chi connectivity index (χ1v) is 11.4. The maximum Gasteiger partial charge on any atom is 0.419 e. The third kappa shape index (κ3) is 5.57. The number of aliphatic hydroxyl groups is 2. The van der Waals surface area contributed by atoms with Gasteiger partial charge in [0.1, 0.15) is 0 Å². The summed E-state index contributed by atoms with van der Waals surface area (Å²) >= 11 is 0. The summed E-state index contributed by atoms with van der Waals surface area (Å²) in [6.45, 7) is 1.51. The molecule has 4 rings (SSSR count). The van der Waals surface area contributed by atoms with Gasteiger partial charge in [0.05, 0.1) is 11.3 Å². The molecule has 1 fully saturated rings. The molecule has 0 bridgehead atoms. The molecule has 2 amide bonds. The van der Waals surface area contributed by atoms with Crippen molar-refractivity contribution in [1.82, 2.24) is 15.2 Å². The van der Waals surface area contributed by atoms with Crippen molar-refractivity contribution in [2.45, 2.75) is 44.3 Å². The van der Waals surface area contributed by atoms with E-state index in [4.69, 9.17) is 0 Å². The average Bonchev–Trinajstić information content (AvgIpc) is 3.30. The zero-order valence-corrected chi connectivity index (χ0v) is 18.9. The summed E-state index contributed by atoms with van der Waals surface area (Å²) in [7, 11) is 0. The number of benzene rings is 1. The van der Waals surface area contributed by atoms with E-state index in [1.807, 2.05) is 24.3 Å². The van der Waals surface area contributed by atoms with Gasteiger partial charge in [-0.15, -0.1) is 0 Å². The summed E-state index contributed by atoms with van der Waals surface area (Å²) in [5.41, 5.74) is 1.20. The lowest BCUT2D eigenvalue weighted by atomic mass is 9.95. The third-order valence-electron chi connectivity index (χ3n) is 6.60. The van der Waals surface area contributed by atoms with Crippen LogP contribution in [-0.2, 0) is 28.9 Å². The maximum absolute atomic E-state index is 13.3. The number of nitrogens with zero attached hydrogens (tertiary/aromatic N) is 3. The average molecular weight is 492 g/mol. The second-order valence-corrected chi connectivity index (χ2v) is 8.92. The van der Waals surface area contributed by atoms with Crippen LogP contribution in [0.1, 0.15) is 29.5 Å². The topological polar surface area (TPSA) is 106 Å². The van der Waals surface area contributed by atoms with Crippen molar-refractivity contribution in [3.05, 3.63) is 59.4 Å². The monoisotopic (exact) mass is 492 g/mol. The Labute approximate surface area is 200 Å². The number of carbonyl (C=O) groups is 2. The number of hydrogen-bond acceptors (Lipinski definition) is 6. The molecule has 2 atom stereocenters. The predicted octanol–water partition coefficient (Wildman–Crippen LogP) is 1.70. The highest BCUT2D eigenvalue weighted by Crippen LogP contribution is 2.37. The molecule has 1 aromatic heterocycles. The molecule has 0 spiro atoms. The van der Waals surface area contributed by atoms with Gasteiger partial charge in [-0.1, -0.05) is 24.3 Å². The van der Waals surface area contributed by atoms with Crippen LogP contribution in [0.15, 0.2) is 42.7 Å². The molecule has 35 heavy (non-hydrogen) atoms. The Balaban J connectivity index is 1.25. The van der Waals surface area contributed by atoms with Crippen LogP contribution in [0.4, 0.5) is 18.9 Å². The van der Waals surface area contributed by atoms with E-state index in [2.05, 4.69) is 10.3 Å². The molecule has 0 unspecified atom stereocenters. The van der Waals surface area contributed by atoms with Gasteiger partial charge in [-0.25, -0.2) is 0 Å². The van der Waals surface area contributed by atoms with Gasteiger partial charge in [0.15, 0.2) is 12.2 Å². The molecule has 188 valence electrons. The highest BCUT2D eigenvalue weighted by Gasteiger charge is 2.37. The number of amides is 2. The first-order chi connectivity index (χ1) is 16.6. The minimum absolute atomic E-state index is 0.0144. The van der Waals surface area contributed by atoms with Gasteiger partial charge in [0.2, 0.25) is 0 Å². The van der Waals surface area contributed by atoms with Crippen LogP contribution in [0.5, 0.6) is 0 Å². The van der Waals surface area contributed by atoms with Crippen molar-refractivity contribution in [1.29, 1.82) is 0 Å². The van der Waals surface area contributed by atoms with Crippen molar-refractivity contribution in [2.24, 2.45) is 5.92 Å². The van der Waals surface area contributed by atoms with Crippen molar-refractivity contribution in [3.8, 4) is 0 Å². The van der Waals surface area contributed by atoms with Crippen LogP contribution < -0.4 is 10.2 Å². The largest absolute Gasteiger partial charge is 0.419 e. The SMILES string of the molecule is O=C(NCC1CCN(c2ccncc2C(F)(F)F)CC1)[C@H](O)[C@@H](O)C(=O)N1Cc2ccccc2C1. The van der Waals surface area contributed by atoms with Gasteiger partial charge in [-0.2, -0.15) is 13.2 Å². The fourth-order valence-electron chi connectivity index (χ4n) is 4.56. The fourth-order valence-corrected chi connectivity index (χ4v) is 4.56. The van der Waals surface area contributed by atoms with E-state index in [-0.39, 0.29) is 18.2 Å². The van der Waals surface area contributed by atoms with Gasteiger partial charge in [-0.3, -0.25) is 14.6 Å². The third-order valence-corrected chi connectivity index (χ3v) is 6.60. The lowest BCUT2D eigenvalue weighted by Crippen LogP contribution is -2.50. The number of aromatic nitrogens is 1. The van der Waals surface area contributed by atoms with Gasteiger partial charge in [0.25, 0.3) is 11.8 Å². The fraction of sp³-hybridized carbons (Fsp3) is 0.458. The standard InChI is InChI=1S/C24H27F3N4O4/c25-24(26,27)18-12-28-8-5-19(18)30-9-6-15(7-10-30)11-29-22(34)20(32)21(33)23(35)31-13-16-3-1-2-4-17(16)14-31/h1-5,8,12,15,20-21,32-33H,6-7,9-11,13-14H2,(H,29,34)/t20-,21-/m1/s1. The Morgan fingerprint density at radius 1 is 1.06 bits per heavy atom. The maximum atomic E-state index is 13.3. The number of piperidine rings is 1. The number of pyridine rings is 1. The molecule has 2 aliphatic heterocycles. The van der Waals surface area contributed by atoms with Crippen LogP contribution in [0.2, 0.25) is 0 Å². The number of hydrogen-bond donors (Lipinski definition) is 3. The number of carbonyl (C=O) groups excluding carboxylic acids is 2. The molecule has 0 radical (unpaired) electrons. The predicted molar refractivity (Wildman–Crippen MR) is 120 cm³/mol. The van der Waals surface area contributed by atoms with Gasteiger partial charge < -0.3 is 25.3 Å². The summed E-state index contributed by atoms with van der Waals surface area (Å²) in [5, 5.41) is 23.1. The van der Waals surface area contributed by atoms with Gasteiger partial charge >= 0.3 is 6.18 Å². The van der Waals surface area contributed by atoms with Crippen molar-refractivity contribution >= 4 is 17.5 Å². The molecule has 1 saturated heterocycles. The Morgan fingerprint density at radius 2 is 1.69 bits per heavy atom. The first-order valence-electron chi connectivity index (χ1n) is 11.4. The summed E-state index contributed by atoms with van der Waals surface area (Å²) in [5.74, 6) is -1.60. The van der Waals surface area contributed by atoms with Crippen LogP contribution in [0, 0.1) is 5.92 Å². The number of aliphatic hydroxyl groups excluding tert-OH is 2.